The standard InChI is InChI=1S/C30H33N9O3S/c1-19-27(21-14-32-37(2)15-21)36-39(22-7-5-4-6-8-22)28(19)35-30(41)33-25-17-38(11-12-42-3)16-23(25)20-9-10-31-24(13-20)29-34-26(40)18-43-29/h4-10,13-15,23,25H,11-12,16-18H2,1-3H3,(H2,33,35,41)/t23-,25+/m0/s1. The number of nitrogens with one attached hydrogen (secondary N) is 2. The zero-order chi connectivity index (χ0) is 29.9. The van der Waals surface area contributed by atoms with E-state index in [4.69, 9.17) is 9.84 Å². The van der Waals surface area contributed by atoms with Crippen LogP contribution in [0.5, 0.6) is 0 Å². The molecule has 0 radical (unpaired) electrons. The Labute approximate surface area is 253 Å². The number of carbonyl (C=O) groups is 2. The van der Waals surface area contributed by atoms with Crippen molar-refractivity contribution in [2.45, 2.75) is 18.9 Å². The van der Waals surface area contributed by atoms with E-state index < -0.39 is 0 Å². The first-order valence-electron chi connectivity index (χ1n) is 14.0. The minimum atomic E-state index is -0.322. The van der Waals surface area contributed by atoms with Crippen LogP contribution >= 0.6 is 11.8 Å². The molecule has 0 unspecified atom stereocenters. The van der Waals surface area contributed by atoms with Gasteiger partial charge >= 0.3 is 6.03 Å². The summed E-state index contributed by atoms with van der Waals surface area (Å²) in [4.78, 5) is 36.3. The molecular formula is C30H33N9O3S. The van der Waals surface area contributed by atoms with Gasteiger partial charge in [0.2, 0.25) is 0 Å². The van der Waals surface area contributed by atoms with Crippen LogP contribution in [-0.2, 0) is 16.6 Å². The maximum Gasteiger partial charge on any atom is 0.320 e. The zero-order valence-electron chi connectivity index (χ0n) is 24.2. The van der Waals surface area contributed by atoms with Crippen molar-refractivity contribution in [2.24, 2.45) is 12.0 Å². The number of anilines is 1. The van der Waals surface area contributed by atoms with E-state index in [9.17, 15) is 9.59 Å². The van der Waals surface area contributed by atoms with Crippen molar-refractivity contribution in [2.75, 3.05) is 44.4 Å². The molecule has 6 rings (SSSR count). The lowest BCUT2D eigenvalue weighted by Gasteiger charge is -2.21. The second kappa shape index (κ2) is 12.5. The van der Waals surface area contributed by atoms with E-state index in [2.05, 4.69) is 30.6 Å². The third kappa shape index (κ3) is 6.24. The topological polar surface area (TPSA) is 132 Å². The number of aromatic nitrogens is 5. The number of amides is 3. The van der Waals surface area contributed by atoms with Gasteiger partial charge in [-0.3, -0.25) is 24.7 Å². The quantitative estimate of drug-likeness (QED) is 0.300. The van der Waals surface area contributed by atoms with E-state index in [-0.39, 0.29) is 23.9 Å². The monoisotopic (exact) mass is 599 g/mol. The first-order chi connectivity index (χ1) is 20.9. The van der Waals surface area contributed by atoms with Gasteiger partial charge in [0.1, 0.15) is 16.6 Å². The van der Waals surface area contributed by atoms with Crippen LogP contribution in [0.4, 0.5) is 10.6 Å². The Morgan fingerprint density at radius 1 is 1.19 bits per heavy atom. The van der Waals surface area contributed by atoms with Gasteiger partial charge in [0, 0.05) is 63.2 Å². The van der Waals surface area contributed by atoms with Crippen molar-refractivity contribution < 1.29 is 14.3 Å². The van der Waals surface area contributed by atoms with E-state index in [0.29, 0.717) is 35.5 Å². The van der Waals surface area contributed by atoms with E-state index in [0.717, 1.165) is 41.2 Å². The number of aryl methyl sites for hydroxylation is 1. The van der Waals surface area contributed by atoms with Gasteiger partial charge in [-0.2, -0.15) is 10.2 Å². The predicted octanol–water partition coefficient (Wildman–Crippen LogP) is 3.23. The number of urea groups is 1. The highest BCUT2D eigenvalue weighted by atomic mass is 32.2. The molecule has 2 aliphatic rings. The normalized spacial score (nSPS) is 18.7. The van der Waals surface area contributed by atoms with Gasteiger partial charge in [0.15, 0.2) is 0 Å². The summed E-state index contributed by atoms with van der Waals surface area (Å²) in [6, 6.07) is 13.2. The molecule has 1 saturated heterocycles. The minimum absolute atomic E-state index is 0.00172. The molecule has 1 fully saturated rings. The fourth-order valence-corrected chi connectivity index (χ4v) is 6.28. The van der Waals surface area contributed by atoms with Gasteiger partial charge < -0.3 is 10.1 Å². The number of aliphatic imine (C=N–C) groups is 1. The van der Waals surface area contributed by atoms with Crippen molar-refractivity contribution in [1.29, 1.82) is 0 Å². The Kier molecular flexibility index (Phi) is 8.36. The lowest BCUT2D eigenvalue weighted by molar-refractivity contribution is -0.115. The number of ether oxygens (including phenoxy) is 1. The highest BCUT2D eigenvalue weighted by molar-refractivity contribution is 8.15. The van der Waals surface area contributed by atoms with Crippen LogP contribution < -0.4 is 10.6 Å². The fourth-order valence-electron chi connectivity index (χ4n) is 5.53. The van der Waals surface area contributed by atoms with Gasteiger partial charge in [-0.25, -0.2) is 14.5 Å². The number of thioether (sulfide) groups is 1. The molecule has 0 saturated carbocycles. The molecule has 0 aliphatic carbocycles. The number of carbonyl (C=O) groups excluding carboxylic acids is 2. The number of nitrogens with zero attached hydrogens (tertiary/aromatic N) is 7. The molecule has 2 N–H and O–H groups in total. The second-order valence-electron chi connectivity index (χ2n) is 10.6. The Morgan fingerprint density at radius 2 is 2.02 bits per heavy atom. The molecule has 13 heteroatoms. The number of rotatable bonds is 9. The molecule has 12 nitrogen and oxygen atoms in total. The third-order valence-electron chi connectivity index (χ3n) is 7.65. The van der Waals surface area contributed by atoms with Crippen molar-refractivity contribution >= 4 is 34.6 Å². The molecular weight excluding hydrogens is 566 g/mol. The van der Waals surface area contributed by atoms with Crippen molar-refractivity contribution in [3.05, 3.63) is 77.9 Å². The Hall–Kier alpha value is -4.33. The third-order valence-corrected chi connectivity index (χ3v) is 8.61. The summed E-state index contributed by atoms with van der Waals surface area (Å²) in [5.74, 6) is 0.770. The summed E-state index contributed by atoms with van der Waals surface area (Å²) in [5, 5.41) is 16.1. The summed E-state index contributed by atoms with van der Waals surface area (Å²) in [5.41, 5.74) is 4.98. The lowest BCUT2D eigenvalue weighted by atomic mass is 9.94. The largest absolute Gasteiger partial charge is 0.383 e. The average molecular weight is 600 g/mol. The van der Waals surface area contributed by atoms with E-state index in [1.165, 1.54) is 11.8 Å². The molecule has 3 aromatic heterocycles. The minimum Gasteiger partial charge on any atom is -0.383 e. The number of benzene rings is 1. The number of likely N-dealkylation sites (tertiary alicyclic amines) is 1. The maximum absolute atomic E-state index is 13.7. The van der Waals surface area contributed by atoms with Crippen molar-refractivity contribution in [3.63, 3.8) is 0 Å². The Morgan fingerprint density at radius 3 is 2.74 bits per heavy atom. The first kappa shape index (κ1) is 28.8. The molecule has 1 aromatic carbocycles. The number of hydrogen-bond acceptors (Lipinski definition) is 8. The van der Waals surface area contributed by atoms with Crippen LogP contribution in [0.15, 0.2) is 66.0 Å². The molecule has 4 aromatic rings. The molecule has 222 valence electrons. The fraction of sp³-hybridized carbons (Fsp3) is 0.333. The van der Waals surface area contributed by atoms with Gasteiger partial charge in [0.05, 0.1) is 36.0 Å². The van der Waals surface area contributed by atoms with Crippen molar-refractivity contribution in [1.82, 2.24) is 34.8 Å². The van der Waals surface area contributed by atoms with Crippen LogP contribution in [0.25, 0.3) is 16.9 Å². The molecule has 2 atom stereocenters. The van der Waals surface area contributed by atoms with Gasteiger partial charge in [0.25, 0.3) is 5.91 Å². The summed E-state index contributed by atoms with van der Waals surface area (Å²) >= 11 is 1.40. The highest BCUT2D eigenvalue weighted by Crippen LogP contribution is 2.32. The highest BCUT2D eigenvalue weighted by Gasteiger charge is 2.35. The molecule has 3 amide bonds. The van der Waals surface area contributed by atoms with Gasteiger partial charge in [-0.15, -0.1) is 0 Å². The summed E-state index contributed by atoms with van der Waals surface area (Å²) in [6.07, 6.45) is 5.41. The van der Waals surface area contributed by atoms with Gasteiger partial charge in [-0.05, 0) is 36.8 Å². The molecule has 43 heavy (non-hydrogen) atoms. The smallest absolute Gasteiger partial charge is 0.320 e. The van der Waals surface area contributed by atoms with E-state index >= 15 is 0 Å². The molecule has 2 aliphatic heterocycles. The lowest BCUT2D eigenvalue weighted by Crippen LogP contribution is -2.42. The first-order valence-corrected chi connectivity index (χ1v) is 15.0. The van der Waals surface area contributed by atoms with Crippen molar-refractivity contribution in [3.8, 4) is 16.9 Å². The molecule has 0 bridgehead atoms. The van der Waals surface area contributed by atoms with Crippen LogP contribution in [0.2, 0.25) is 0 Å². The zero-order valence-corrected chi connectivity index (χ0v) is 25.0. The second-order valence-corrected chi connectivity index (χ2v) is 11.6. The van der Waals surface area contributed by atoms with E-state index in [1.807, 2.05) is 62.6 Å². The number of para-hydroxylation sites is 1. The Balaban J connectivity index is 1.27. The van der Waals surface area contributed by atoms with E-state index in [1.54, 1.807) is 28.9 Å². The predicted molar refractivity (Wildman–Crippen MR) is 166 cm³/mol. The maximum atomic E-state index is 13.7. The summed E-state index contributed by atoms with van der Waals surface area (Å²) < 4.78 is 8.81. The Bertz CT molecular complexity index is 1670. The van der Waals surface area contributed by atoms with Crippen LogP contribution in [-0.4, -0.2) is 91.6 Å². The average Bonchev–Trinajstić information content (AvgIpc) is 3.80. The molecule has 0 spiro atoms. The number of pyridine rings is 1. The summed E-state index contributed by atoms with van der Waals surface area (Å²) in [7, 11) is 3.55. The SMILES string of the molecule is COCCN1C[C@@H](NC(=O)Nc2c(C)c(-c3cnn(C)c3)nn2-c2ccccc2)[C@H](c2ccnc(C3=NC(=O)CS3)c2)C1. The van der Waals surface area contributed by atoms with Gasteiger partial charge in [-0.1, -0.05) is 30.0 Å². The number of hydrogen-bond donors (Lipinski definition) is 2. The number of methoxy groups -OCH3 is 1. The van der Waals surface area contributed by atoms with Crippen LogP contribution in [0, 0.1) is 6.92 Å². The van der Waals surface area contributed by atoms with Crippen LogP contribution in [0.3, 0.4) is 0 Å². The summed E-state index contributed by atoms with van der Waals surface area (Å²) in [6.45, 7) is 4.68. The molecule has 5 heterocycles. The van der Waals surface area contributed by atoms with Crippen LogP contribution in [0.1, 0.15) is 22.7 Å².